The first kappa shape index (κ1) is 18.7. The Morgan fingerprint density at radius 1 is 1.23 bits per heavy atom. The predicted molar refractivity (Wildman–Crippen MR) is 102 cm³/mol. The van der Waals surface area contributed by atoms with E-state index in [1.54, 1.807) is 30.3 Å². The van der Waals surface area contributed by atoms with Crippen molar-refractivity contribution in [1.82, 2.24) is 4.90 Å². The third-order valence-corrected chi connectivity index (χ3v) is 5.17. The monoisotopic (exact) mass is 376 g/mol. The average Bonchev–Trinajstić information content (AvgIpc) is 2.86. The molecule has 1 aliphatic heterocycles. The first-order valence-corrected chi connectivity index (χ1v) is 8.87. The number of halogens is 2. The molecular weight excluding hydrogens is 355 g/mol. The van der Waals surface area contributed by atoms with Crippen molar-refractivity contribution >= 4 is 23.2 Å². The molecule has 0 saturated carbocycles. The van der Waals surface area contributed by atoms with E-state index in [1.165, 1.54) is 13.2 Å². The van der Waals surface area contributed by atoms with Gasteiger partial charge in [0.1, 0.15) is 17.0 Å². The van der Waals surface area contributed by atoms with E-state index in [-0.39, 0.29) is 5.91 Å². The molecule has 4 nitrogen and oxygen atoms in total. The van der Waals surface area contributed by atoms with Crippen LogP contribution >= 0.6 is 11.6 Å². The number of hydrogen-bond donors (Lipinski definition) is 1. The van der Waals surface area contributed by atoms with Crippen LogP contribution in [0.15, 0.2) is 36.4 Å². The molecule has 1 amide bonds. The molecule has 3 rings (SSSR count). The number of ether oxygens (including phenoxy) is 1. The van der Waals surface area contributed by atoms with Gasteiger partial charge in [-0.3, -0.25) is 4.79 Å². The Bertz CT molecular complexity index is 841. The third-order valence-electron chi connectivity index (χ3n) is 4.88. The molecule has 138 valence electrons. The SMILES string of the molecule is COc1cc2c(cc1Cl)C(CCCN(C)C)(c1ccccc1F)C(=O)N2. The van der Waals surface area contributed by atoms with Crippen LogP contribution in [-0.2, 0) is 10.2 Å². The Morgan fingerprint density at radius 3 is 2.62 bits per heavy atom. The van der Waals surface area contributed by atoms with Crippen LogP contribution in [0.2, 0.25) is 5.02 Å². The van der Waals surface area contributed by atoms with E-state index < -0.39 is 11.2 Å². The van der Waals surface area contributed by atoms with Gasteiger partial charge in [0.2, 0.25) is 5.91 Å². The van der Waals surface area contributed by atoms with Crippen molar-refractivity contribution in [1.29, 1.82) is 0 Å². The molecular formula is C20H22ClFN2O2. The van der Waals surface area contributed by atoms with Crippen molar-refractivity contribution in [2.75, 3.05) is 33.1 Å². The number of carbonyl (C=O) groups excluding carboxylic acids is 1. The summed E-state index contributed by atoms with van der Waals surface area (Å²) in [4.78, 5) is 15.2. The number of nitrogens with zero attached hydrogens (tertiary/aromatic N) is 1. The Kier molecular flexibility index (Phi) is 5.21. The Labute approximate surface area is 157 Å². The van der Waals surface area contributed by atoms with Crippen molar-refractivity contribution in [3.8, 4) is 5.75 Å². The Morgan fingerprint density at radius 2 is 1.96 bits per heavy atom. The standard InChI is InChI=1S/C20H22ClFN2O2/c1-24(2)10-6-9-20(13-7-4-5-8-16(13)22)14-11-15(21)18(26-3)12-17(14)23-19(20)25/h4-5,7-8,11-12H,6,9-10H2,1-3H3,(H,23,25). The number of nitrogens with one attached hydrogen (secondary N) is 1. The highest BCUT2D eigenvalue weighted by Gasteiger charge is 2.49. The predicted octanol–water partition coefficient (Wildman–Crippen LogP) is 4.07. The molecule has 2 aromatic rings. The number of amides is 1. The van der Waals surface area contributed by atoms with Gasteiger partial charge in [0, 0.05) is 17.3 Å². The second-order valence-electron chi connectivity index (χ2n) is 6.78. The molecule has 0 fully saturated rings. The molecule has 0 saturated heterocycles. The van der Waals surface area contributed by atoms with Crippen LogP contribution < -0.4 is 10.1 Å². The summed E-state index contributed by atoms with van der Waals surface area (Å²) in [5, 5.41) is 3.30. The van der Waals surface area contributed by atoms with E-state index in [2.05, 4.69) is 5.32 Å². The zero-order valence-corrected chi connectivity index (χ0v) is 15.9. The number of benzene rings is 2. The van der Waals surface area contributed by atoms with Crippen LogP contribution in [0.25, 0.3) is 0 Å². The van der Waals surface area contributed by atoms with Gasteiger partial charge >= 0.3 is 0 Å². The van der Waals surface area contributed by atoms with E-state index >= 15 is 0 Å². The lowest BCUT2D eigenvalue weighted by Crippen LogP contribution is -2.37. The molecule has 0 aromatic heterocycles. The number of rotatable bonds is 6. The zero-order chi connectivity index (χ0) is 18.9. The van der Waals surface area contributed by atoms with Crippen molar-refractivity contribution in [3.05, 3.63) is 58.4 Å². The van der Waals surface area contributed by atoms with Crippen molar-refractivity contribution in [2.45, 2.75) is 18.3 Å². The summed E-state index contributed by atoms with van der Waals surface area (Å²) in [7, 11) is 5.46. The van der Waals surface area contributed by atoms with E-state index in [0.29, 0.717) is 34.0 Å². The molecule has 0 aliphatic carbocycles. The highest BCUT2D eigenvalue weighted by molar-refractivity contribution is 6.32. The molecule has 1 heterocycles. The number of hydrogen-bond acceptors (Lipinski definition) is 3. The highest BCUT2D eigenvalue weighted by atomic mass is 35.5. The lowest BCUT2D eigenvalue weighted by molar-refractivity contribution is -0.119. The third kappa shape index (κ3) is 3.06. The molecule has 6 heteroatoms. The molecule has 1 atom stereocenters. The molecule has 0 bridgehead atoms. The minimum Gasteiger partial charge on any atom is -0.495 e. The van der Waals surface area contributed by atoms with Gasteiger partial charge in [-0.15, -0.1) is 0 Å². The summed E-state index contributed by atoms with van der Waals surface area (Å²) in [5.41, 5.74) is 0.574. The van der Waals surface area contributed by atoms with Gasteiger partial charge in [-0.1, -0.05) is 29.8 Å². The molecule has 26 heavy (non-hydrogen) atoms. The fourth-order valence-corrected chi connectivity index (χ4v) is 3.88. The lowest BCUT2D eigenvalue weighted by Gasteiger charge is -2.29. The van der Waals surface area contributed by atoms with Crippen LogP contribution in [0.5, 0.6) is 5.75 Å². The largest absolute Gasteiger partial charge is 0.495 e. The number of anilines is 1. The maximum Gasteiger partial charge on any atom is 0.239 e. The fourth-order valence-electron chi connectivity index (χ4n) is 3.64. The summed E-state index contributed by atoms with van der Waals surface area (Å²) in [6.45, 7) is 0.794. The van der Waals surface area contributed by atoms with Gasteiger partial charge in [-0.2, -0.15) is 0 Å². The molecule has 2 aromatic carbocycles. The maximum atomic E-state index is 14.7. The van der Waals surface area contributed by atoms with Gasteiger partial charge in [0.05, 0.1) is 12.1 Å². The van der Waals surface area contributed by atoms with E-state index in [0.717, 1.165) is 13.0 Å². The topological polar surface area (TPSA) is 41.6 Å². The van der Waals surface area contributed by atoms with Crippen molar-refractivity contribution < 1.29 is 13.9 Å². The molecule has 1 N–H and O–H groups in total. The van der Waals surface area contributed by atoms with Crippen LogP contribution in [0.4, 0.5) is 10.1 Å². The van der Waals surface area contributed by atoms with Gasteiger partial charge < -0.3 is 15.0 Å². The summed E-state index contributed by atoms with van der Waals surface area (Å²) >= 11 is 6.33. The number of fused-ring (bicyclic) bond motifs is 1. The quantitative estimate of drug-likeness (QED) is 0.826. The first-order chi connectivity index (χ1) is 12.4. The van der Waals surface area contributed by atoms with Gasteiger partial charge in [-0.05, 0) is 51.2 Å². The van der Waals surface area contributed by atoms with Crippen LogP contribution in [0.1, 0.15) is 24.0 Å². The smallest absolute Gasteiger partial charge is 0.239 e. The second-order valence-corrected chi connectivity index (χ2v) is 7.19. The normalized spacial score (nSPS) is 18.8. The molecule has 1 aliphatic rings. The maximum absolute atomic E-state index is 14.7. The van der Waals surface area contributed by atoms with E-state index in [9.17, 15) is 9.18 Å². The van der Waals surface area contributed by atoms with Crippen LogP contribution in [0.3, 0.4) is 0 Å². The summed E-state index contributed by atoms with van der Waals surface area (Å²) < 4.78 is 20.0. The fraction of sp³-hybridized carbons (Fsp3) is 0.350. The van der Waals surface area contributed by atoms with E-state index in [4.69, 9.17) is 16.3 Å². The highest BCUT2D eigenvalue weighted by Crippen LogP contribution is 2.49. The molecule has 0 radical (unpaired) electrons. The summed E-state index contributed by atoms with van der Waals surface area (Å²) in [5.74, 6) is -0.156. The summed E-state index contributed by atoms with van der Waals surface area (Å²) in [6, 6.07) is 9.86. The van der Waals surface area contributed by atoms with Crippen LogP contribution in [0, 0.1) is 5.82 Å². The zero-order valence-electron chi connectivity index (χ0n) is 15.1. The van der Waals surface area contributed by atoms with E-state index in [1.807, 2.05) is 19.0 Å². The molecule has 0 spiro atoms. The average molecular weight is 377 g/mol. The first-order valence-electron chi connectivity index (χ1n) is 8.49. The van der Waals surface area contributed by atoms with Crippen LogP contribution in [-0.4, -0.2) is 38.6 Å². The van der Waals surface area contributed by atoms with Crippen molar-refractivity contribution in [3.63, 3.8) is 0 Å². The Balaban J connectivity index is 2.18. The van der Waals surface area contributed by atoms with Gasteiger partial charge in [-0.25, -0.2) is 4.39 Å². The van der Waals surface area contributed by atoms with Crippen molar-refractivity contribution in [2.24, 2.45) is 0 Å². The number of methoxy groups -OCH3 is 1. The Hall–Kier alpha value is -2.11. The minimum atomic E-state index is -1.10. The lowest BCUT2D eigenvalue weighted by atomic mass is 9.72. The second kappa shape index (κ2) is 7.25. The minimum absolute atomic E-state index is 0.235. The summed E-state index contributed by atoms with van der Waals surface area (Å²) in [6.07, 6.45) is 1.21. The molecule has 1 unspecified atom stereocenters. The number of carbonyl (C=O) groups is 1. The van der Waals surface area contributed by atoms with Gasteiger partial charge in [0.25, 0.3) is 0 Å². The van der Waals surface area contributed by atoms with Gasteiger partial charge in [0.15, 0.2) is 0 Å².